The van der Waals surface area contributed by atoms with Crippen molar-refractivity contribution in [2.45, 2.75) is 19.8 Å². The van der Waals surface area contributed by atoms with Crippen molar-refractivity contribution in [1.82, 2.24) is 4.98 Å². The molecule has 1 aromatic heterocycles. The average Bonchev–Trinajstić information content (AvgIpc) is 2.05. The van der Waals surface area contributed by atoms with Gasteiger partial charge in [0.25, 0.3) is 0 Å². The summed E-state index contributed by atoms with van der Waals surface area (Å²) < 4.78 is 0. The van der Waals surface area contributed by atoms with Crippen molar-refractivity contribution in [3.8, 4) is 0 Å². The quantitative estimate of drug-likeness (QED) is 0.412. The van der Waals surface area contributed by atoms with Gasteiger partial charge in [0.05, 0.1) is 6.21 Å². The first-order valence-corrected chi connectivity index (χ1v) is 3.85. The summed E-state index contributed by atoms with van der Waals surface area (Å²) in [6, 6.07) is 5.80. The van der Waals surface area contributed by atoms with E-state index < -0.39 is 0 Å². The lowest BCUT2D eigenvalue weighted by Gasteiger charge is -2.03. The lowest BCUT2D eigenvalue weighted by atomic mass is 10.1. The highest BCUT2D eigenvalue weighted by Gasteiger charge is 2.02. The maximum atomic E-state index is 8.31. The Morgan fingerprint density at radius 1 is 1.58 bits per heavy atom. The van der Waals surface area contributed by atoms with Gasteiger partial charge in [-0.2, -0.15) is 0 Å². The Labute approximate surface area is 71.8 Å². The first-order valence-electron chi connectivity index (χ1n) is 3.85. The highest BCUT2D eigenvalue weighted by Crippen LogP contribution is 2.09. The second kappa shape index (κ2) is 3.85. The molecule has 1 atom stereocenters. The monoisotopic (exact) mass is 164 g/mol. The molecule has 64 valence electrons. The fourth-order valence-electron chi connectivity index (χ4n) is 0.994. The number of oxime groups is 1. The van der Waals surface area contributed by atoms with Crippen molar-refractivity contribution in [2.24, 2.45) is 5.16 Å². The Morgan fingerprint density at radius 2 is 2.33 bits per heavy atom. The van der Waals surface area contributed by atoms with Gasteiger partial charge in [-0.3, -0.25) is 4.98 Å². The fraction of sp³-hybridized carbons (Fsp3) is 0.333. The molecule has 0 aliphatic rings. The summed E-state index contributed by atoms with van der Waals surface area (Å²) in [5.74, 6) is 0.0647. The van der Waals surface area contributed by atoms with Gasteiger partial charge in [-0.1, -0.05) is 13.0 Å². The Kier molecular flexibility index (Phi) is 2.80. The molecule has 1 unspecified atom stereocenters. The van der Waals surface area contributed by atoms with Crippen molar-refractivity contribution in [3.63, 3.8) is 0 Å². The van der Waals surface area contributed by atoms with Crippen LogP contribution in [0.25, 0.3) is 0 Å². The second-order valence-electron chi connectivity index (χ2n) is 2.76. The first kappa shape index (κ1) is 8.71. The molecule has 0 aromatic carbocycles. The molecule has 0 radical (unpaired) electrons. The molecule has 12 heavy (non-hydrogen) atoms. The van der Waals surface area contributed by atoms with Gasteiger partial charge in [-0.05, 0) is 19.1 Å². The number of pyridine rings is 1. The normalized spacial score (nSPS) is 13.5. The van der Waals surface area contributed by atoms with Crippen LogP contribution in [0.5, 0.6) is 0 Å². The summed E-state index contributed by atoms with van der Waals surface area (Å²) in [5, 5.41) is 11.3. The van der Waals surface area contributed by atoms with E-state index in [4.69, 9.17) is 5.21 Å². The summed E-state index contributed by atoms with van der Waals surface area (Å²) in [5.41, 5.74) is 1.90. The van der Waals surface area contributed by atoms with Gasteiger partial charge in [-0.15, -0.1) is 5.16 Å². The lowest BCUT2D eigenvalue weighted by molar-refractivity contribution is 0.320. The average molecular weight is 164 g/mol. The van der Waals surface area contributed by atoms with E-state index in [1.807, 2.05) is 32.0 Å². The molecule has 0 spiro atoms. The van der Waals surface area contributed by atoms with Crippen LogP contribution in [0.2, 0.25) is 0 Å². The second-order valence-corrected chi connectivity index (χ2v) is 2.76. The Morgan fingerprint density at radius 3 is 2.92 bits per heavy atom. The molecule has 0 amide bonds. The SMILES string of the molecule is Cc1cccc(C(C)/C=N/O)n1. The number of aryl methyl sites for hydroxylation is 1. The number of nitrogens with zero attached hydrogens (tertiary/aromatic N) is 2. The minimum Gasteiger partial charge on any atom is -0.411 e. The van der Waals surface area contributed by atoms with Crippen LogP contribution in [0.4, 0.5) is 0 Å². The van der Waals surface area contributed by atoms with Crippen LogP contribution in [-0.4, -0.2) is 16.4 Å². The van der Waals surface area contributed by atoms with Gasteiger partial charge in [0, 0.05) is 17.3 Å². The van der Waals surface area contributed by atoms with Gasteiger partial charge < -0.3 is 5.21 Å². The fourth-order valence-corrected chi connectivity index (χ4v) is 0.994. The summed E-state index contributed by atoms with van der Waals surface area (Å²) in [4.78, 5) is 4.29. The van der Waals surface area contributed by atoms with E-state index in [1.165, 1.54) is 6.21 Å². The maximum absolute atomic E-state index is 8.31. The van der Waals surface area contributed by atoms with Gasteiger partial charge in [0.15, 0.2) is 0 Å². The predicted octanol–water partition coefficient (Wildman–Crippen LogP) is 1.95. The summed E-state index contributed by atoms with van der Waals surface area (Å²) >= 11 is 0. The lowest BCUT2D eigenvalue weighted by Crippen LogP contribution is -1.98. The van der Waals surface area contributed by atoms with Crippen LogP contribution in [0.1, 0.15) is 24.2 Å². The molecule has 0 aliphatic heterocycles. The standard InChI is InChI=1S/C9H12N2O/c1-7(6-10-12)9-5-3-4-8(2)11-9/h3-7,12H,1-2H3/b10-6+. The molecular weight excluding hydrogens is 152 g/mol. The number of hydrogen-bond donors (Lipinski definition) is 1. The van der Waals surface area contributed by atoms with Gasteiger partial charge in [0.1, 0.15) is 0 Å². The molecule has 1 rings (SSSR count). The van der Waals surface area contributed by atoms with Gasteiger partial charge >= 0.3 is 0 Å². The van der Waals surface area contributed by atoms with Crippen LogP contribution in [-0.2, 0) is 0 Å². The summed E-state index contributed by atoms with van der Waals surface area (Å²) in [7, 11) is 0. The molecule has 3 nitrogen and oxygen atoms in total. The third-order valence-corrected chi connectivity index (χ3v) is 1.67. The molecule has 1 aromatic rings. The van der Waals surface area contributed by atoms with E-state index >= 15 is 0 Å². The zero-order chi connectivity index (χ0) is 8.97. The van der Waals surface area contributed by atoms with Gasteiger partial charge in [-0.25, -0.2) is 0 Å². The summed E-state index contributed by atoms with van der Waals surface area (Å²) in [6.45, 7) is 3.87. The van der Waals surface area contributed by atoms with E-state index in [1.54, 1.807) is 0 Å². The molecule has 0 saturated carbocycles. The van der Waals surface area contributed by atoms with Crippen LogP contribution >= 0.6 is 0 Å². The molecule has 1 N–H and O–H groups in total. The number of aromatic nitrogens is 1. The zero-order valence-electron chi connectivity index (χ0n) is 7.23. The van der Waals surface area contributed by atoms with E-state index in [0.717, 1.165) is 11.4 Å². The van der Waals surface area contributed by atoms with E-state index in [-0.39, 0.29) is 5.92 Å². The van der Waals surface area contributed by atoms with Crippen LogP contribution in [0, 0.1) is 6.92 Å². The van der Waals surface area contributed by atoms with E-state index in [9.17, 15) is 0 Å². The molecular formula is C9H12N2O. The number of hydrogen-bond acceptors (Lipinski definition) is 3. The highest BCUT2D eigenvalue weighted by molar-refractivity contribution is 5.65. The Balaban J connectivity index is 2.87. The molecule has 3 heteroatoms. The van der Waals surface area contributed by atoms with Crippen molar-refractivity contribution in [2.75, 3.05) is 0 Å². The molecule has 0 fully saturated rings. The predicted molar refractivity (Wildman–Crippen MR) is 47.7 cm³/mol. The van der Waals surface area contributed by atoms with Crippen molar-refractivity contribution < 1.29 is 5.21 Å². The van der Waals surface area contributed by atoms with Crippen molar-refractivity contribution in [1.29, 1.82) is 0 Å². The largest absolute Gasteiger partial charge is 0.411 e. The third kappa shape index (κ3) is 2.05. The Hall–Kier alpha value is -1.38. The molecule has 0 bridgehead atoms. The smallest absolute Gasteiger partial charge is 0.0523 e. The van der Waals surface area contributed by atoms with Crippen molar-refractivity contribution in [3.05, 3.63) is 29.6 Å². The molecule has 0 aliphatic carbocycles. The first-order chi connectivity index (χ1) is 5.74. The van der Waals surface area contributed by atoms with Crippen LogP contribution in [0.3, 0.4) is 0 Å². The maximum Gasteiger partial charge on any atom is 0.0523 e. The summed E-state index contributed by atoms with van der Waals surface area (Å²) in [6.07, 6.45) is 1.46. The zero-order valence-corrected chi connectivity index (χ0v) is 7.23. The van der Waals surface area contributed by atoms with E-state index in [0.29, 0.717) is 0 Å². The third-order valence-electron chi connectivity index (χ3n) is 1.67. The highest BCUT2D eigenvalue weighted by atomic mass is 16.4. The topological polar surface area (TPSA) is 45.5 Å². The Bertz CT molecular complexity index is 284. The molecule has 0 saturated heterocycles. The van der Waals surface area contributed by atoms with E-state index in [2.05, 4.69) is 10.1 Å². The number of rotatable bonds is 2. The minimum atomic E-state index is 0.0647. The van der Waals surface area contributed by atoms with Gasteiger partial charge in [0.2, 0.25) is 0 Å². The van der Waals surface area contributed by atoms with Crippen molar-refractivity contribution >= 4 is 6.21 Å². The molecule has 1 heterocycles. The van der Waals surface area contributed by atoms with Crippen LogP contribution in [0.15, 0.2) is 23.4 Å². The van der Waals surface area contributed by atoms with Crippen LogP contribution < -0.4 is 0 Å². The minimum absolute atomic E-state index is 0.0647.